The van der Waals surface area contributed by atoms with Crippen LogP contribution in [0.5, 0.6) is 5.75 Å². The van der Waals surface area contributed by atoms with Crippen LogP contribution >= 0.6 is 0 Å². The Morgan fingerprint density at radius 3 is 2.17 bits per heavy atom. The third-order valence-corrected chi connectivity index (χ3v) is 9.52. The fourth-order valence-corrected chi connectivity index (χ4v) is 7.09. The largest absolute Gasteiger partial charge is 0.458 e. The Kier molecular flexibility index (Phi) is 8.64. The summed E-state index contributed by atoms with van der Waals surface area (Å²) in [6.45, 7) is 2.34. The summed E-state index contributed by atoms with van der Waals surface area (Å²) in [5.74, 6) is 1.22. The van der Waals surface area contributed by atoms with E-state index in [1.165, 1.54) is 43.6 Å². The zero-order chi connectivity index (χ0) is 29.4. The van der Waals surface area contributed by atoms with Crippen LogP contribution in [0.15, 0.2) is 35.9 Å². The molecular formula is C33H35F7O. The van der Waals surface area contributed by atoms with Crippen LogP contribution in [0.1, 0.15) is 83.1 Å². The smallest absolute Gasteiger partial charge is 0.432 e. The molecule has 0 heterocycles. The molecule has 0 radical (unpaired) electrons. The number of benzene rings is 2. The molecule has 3 aliphatic rings. The van der Waals surface area contributed by atoms with Crippen molar-refractivity contribution in [2.45, 2.75) is 89.8 Å². The lowest BCUT2D eigenvalue weighted by Crippen LogP contribution is -2.37. The van der Waals surface area contributed by atoms with E-state index in [0.29, 0.717) is 31.6 Å². The normalized spacial score (nSPS) is 27.6. The maximum atomic E-state index is 15.2. The number of halogens is 7. The Bertz CT molecular complexity index is 1330. The van der Waals surface area contributed by atoms with Gasteiger partial charge in [-0.3, -0.25) is 0 Å². The highest BCUT2D eigenvalue weighted by molar-refractivity contribution is 5.86. The third kappa shape index (κ3) is 7.04. The molecule has 222 valence electrons. The molecule has 1 atom stereocenters. The maximum Gasteiger partial charge on any atom is 0.458 e. The minimum atomic E-state index is -4.92. The number of fused-ring (bicyclic) bond motifs is 1. The molecule has 0 aliphatic heterocycles. The van der Waals surface area contributed by atoms with Crippen molar-refractivity contribution < 1.29 is 35.5 Å². The van der Waals surface area contributed by atoms with Crippen LogP contribution in [0.2, 0.25) is 0 Å². The Labute approximate surface area is 236 Å². The highest BCUT2D eigenvalue weighted by atomic mass is 19.4. The molecule has 0 N–H and O–H groups in total. The van der Waals surface area contributed by atoms with E-state index in [-0.39, 0.29) is 16.5 Å². The molecule has 41 heavy (non-hydrogen) atoms. The van der Waals surface area contributed by atoms with Gasteiger partial charge >= 0.3 is 12.3 Å². The van der Waals surface area contributed by atoms with Gasteiger partial charge in [-0.2, -0.15) is 22.0 Å². The van der Waals surface area contributed by atoms with Crippen molar-refractivity contribution in [2.75, 3.05) is 0 Å². The van der Waals surface area contributed by atoms with Gasteiger partial charge in [0.1, 0.15) is 17.4 Å². The van der Waals surface area contributed by atoms with E-state index in [1.807, 2.05) is 0 Å². The molecule has 0 saturated heterocycles. The fourth-order valence-electron chi connectivity index (χ4n) is 7.09. The summed E-state index contributed by atoms with van der Waals surface area (Å²) in [6.07, 6.45) is 4.66. The van der Waals surface area contributed by atoms with Crippen molar-refractivity contribution in [3.05, 3.63) is 53.1 Å². The molecule has 3 aliphatic carbocycles. The van der Waals surface area contributed by atoms with Gasteiger partial charge in [-0.05, 0) is 111 Å². The fraction of sp³-hybridized carbons (Fsp3) is 0.576. The number of hydrogen-bond donors (Lipinski definition) is 0. The first-order chi connectivity index (χ1) is 19.4. The van der Waals surface area contributed by atoms with Gasteiger partial charge in [0.05, 0.1) is 11.5 Å². The van der Waals surface area contributed by atoms with Crippen LogP contribution in [0, 0.1) is 53.1 Å². The molecule has 0 bridgehead atoms. The van der Waals surface area contributed by atoms with E-state index in [1.54, 1.807) is 0 Å². The van der Waals surface area contributed by atoms with Gasteiger partial charge in [-0.25, -0.2) is 8.78 Å². The molecule has 0 spiro atoms. The third-order valence-electron chi connectivity index (χ3n) is 9.52. The number of alkyl halides is 5. The second-order valence-corrected chi connectivity index (χ2v) is 12.2. The van der Waals surface area contributed by atoms with E-state index < -0.39 is 35.4 Å². The van der Waals surface area contributed by atoms with Gasteiger partial charge < -0.3 is 4.74 Å². The lowest BCUT2D eigenvalue weighted by atomic mass is 9.69. The summed E-state index contributed by atoms with van der Waals surface area (Å²) in [4.78, 5) is 0. The maximum absolute atomic E-state index is 15.2. The van der Waals surface area contributed by atoms with Crippen LogP contribution in [0.3, 0.4) is 0 Å². The average Bonchev–Trinajstić information content (AvgIpc) is 2.92. The van der Waals surface area contributed by atoms with E-state index in [0.717, 1.165) is 60.8 Å². The number of allylic oxidation sites excluding steroid dienone is 2. The Morgan fingerprint density at radius 1 is 0.829 bits per heavy atom. The molecule has 1 nitrogen and oxygen atoms in total. The predicted molar refractivity (Wildman–Crippen MR) is 144 cm³/mol. The van der Waals surface area contributed by atoms with Crippen LogP contribution < -0.4 is 4.74 Å². The van der Waals surface area contributed by atoms with E-state index in [9.17, 15) is 22.0 Å². The van der Waals surface area contributed by atoms with E-state index in [2.05, 4.69) is 13.0 Å². The first kappa shape index (κ1) is 29.8. The number of ether oxygens (including phenoxy) is 1. The lowest BCUT2D eigenvalue weighted by molar-refractivity contribution is -0.223. The van der Waals surface area contributed by atoms with Gasteiger partial charge in [0.25, 0.3) is 0 Å². The predicted octanol–water partition coefficient (Wildman–Crippen LogP) is 10.4. The van der Waals surface area contributed by atoms with Crippen molar-refractivity contribution in [3.63, 3.8) is 0 Å². The van der Waals surface area contributed by atoms with E-state index >= 15 is 8.78 Å². The van der Waals surface area contributed by atoms with Gasteiger partial charge in [-0.1, -0.05) is 37.3 Å². The quantitative estimate of drug-likeness (QED) is 0.194. The Hall–Kier alpha value is -2.69. The first-order valence-electron chi connectivity index (χ1n) is 14.7. The summed E-state index contributed by atoms with van der Waals surface area (Å²) in [5.41, 5.74) is 0.392. The lowest BCUT2D eigenvalue weighted by Gasteiger charge is -2.38. The van der Waals surface area contributed by atoms with Crippen molar-refractivity contribution in [1.82, 2.24) is 0 Å². The van der Waals surface area contributed by atoms with Crippen LogP contribution in [-0.2, 0) is 0 Å². The van der Waals surface area contributed by atoms with Gasteiger partial charge in [0.2, 0.25) is 0 Å². The SMILES string of the molecule is CC1CCC(C2CC=C(C3CCC(C(F)(F)Oc4ccc5c(F)c(C#CC(F)(F)F)c(F)cc5c4)CC3)CC2)CC1. The number of hydrogen-bond acceptors (Lipinski definition) is 1. The molecular weight excluding hydrogens is 545 g/mol. The van der Waals surface area contributed by atoms with Crippen LogP contribution in [-0.4, -0.2) is 12.3 Å². The van der Waals surface area contributed by atoms with Gasteiger partial charge in [0.15, 0.2) is 0 Å². The van der Waals surface area contributed by atoms with Gasteiger partial charge in [-0.15, -0.1) is 0 Å². The summed E-state index contributed by atoms with van der Waals surface area (Å²) in [6, 6.07) is 4.03. The first-order valence-corrected chi connectivity index (χ1v) is 14.7. The van der Waals surface area contributed by atoms with Gasteiger partial charge in [0, 0.05) is 11.3 Å². The van der Waals surface area contributed by atoms with Crippen molar-refractivity contribution >= 4 is 10.8 Å². The van der Waals surface area contributed by atoms with Crippen molar-refractivity contribution in [3.8, 4) is 17.6 Å². The molecule has 8 heteroatoms. The summed E-state index contributed by atoms with van der Waals surface area (Å²) < 4.78 is 102. The molecule has 2 saturated carbocycles. The number of rotatable bonds is 5. The molecule has 1 unspecified atom stereocenters. The minimum Gasteiger partial charge on any atom is -0.432 e. The van der Waals surface area contributed by atoms with Crippen molar-refractivity contribution in [1.29, 1.82) is 0 Å². The Morgan fingerprint density at radius 2 is 1.54 bits per heavy atom. The second-order valence-electron chi connectivity index (χ2n) is 12.2. The summed E-state index contributed by atoms with van der Waals surface area (Å²) in [7, 11) is 0. The molecule has 0 aromatic heterocycles. The molecule has 2 aromatic rings. The van der Waals surface area contributed by atoms with Crippen molar-refractivity contribution in [2.24, 2.45) is 29.6 Å². The second kappa shape index (κ2) is 11.9. The molecule has 5 rings (SSSR count). The average molecular weight is 581 g/mol. The Balaban J connectivity index is 1.19. The standard InChI is InChI=1S/C33H35F7O/c1-20-2-4-21(5-3-20)22-6-8-23(9-7-22)24-10-12-26(13-11-24)33(39,40)41-27-14-15-28-25(18-27)19-30(34)29(31(28)35)16-17-32(36,37)38/h8,14-15,18-22,24,26H,2-7,9-13H2,1H3. The summed E-state index contributed by atoms with van der Waals surface area (Å²) >= 11 is 0. The monoisotopic (exact) mass is 580 g/mol. The zero-order valence-corrected chi connectivity index (χ0v) is 23.1. The van der Waals surface area contributed by atoms with Crippen LogP contribution in [0.25, 0.3) is 10.8 Å². The molecule has 0 amide bonds. The minimum absolute atomic E-state index is 0.111. The highest BCUT2D eigenvalue weighted by Crippen LogP contribution is 2.46. The zero-order valence-electron chi connectivity index (χ0n) is 23.1. The highest BCUT2D eigenvalue weighted by Gasteiger charge is 2.44. The van der Waals surface area contributed by atoms with E-state index in [4.69, 9.17) is 4.74 Å². The summed E-state index contributed by atoms with van der Waals surface area (Å²) in [5, 5.41) is -0.352. The van der Waals surface area contributed by atoms with Crippen LogP contribution in [0.4, 0.5) is 30.7 Å². The topological polar surface area (TPSA) is 9.23 Å². The molecule has 2 fully saturated rings. The molecule has 2 aromatic carbocycles.